The summed E-state index contributed by atoms with van der Waals surface area (Å²) in [5.74, 6) is -0.0682. The number of anilines is 1. The molecule has 2 rings (SSSR count). The van der Waals surface area contributed by atoms with Gasteiger partial charge in [-0.25, -0.2) is 4.98 Å². The Morgan fingerprint density at radius 3 is 2.83 bits per heavy atom. The Bertz CT molecular complexity index is 543. The first-order valence-corrected chi connectivity index (χ1v) is 6.97. The van der Waals surface area contributed by atoms with Gasteiger partial charge < -0.3 is 5.32 Å². The van der Waals surface area contributed by atoms with E-state index < -0.39 is 0 Å². The Balaban J connectivity index is 1.88. The first-order valence-electron chi connectivity index (χ1n) is 5.27. The Kier molecular flexibility index (Phi) is 4.58. The molecule has 0 saturated heterocycles. The van der Waals surface area contributed by atoms with Crippen LogP contribution in [0.25, 0.3) is 0 Å². The number of halogens is 2. The number of benzene rings is 1. The van der Waals surface area contributed by atoms with Gasteiger partial charge in [0.1, 0.15) is 0 Å². The van der Waals surface area contributed by atoms with E-state index in [1.54, 1.807) is 23.7 Å². The molecule has 2 aromatic rings. The fourth-order valence-electron chi connectivity index (χ4n) is 1.40. The summed E-state index contributed by atoms with van der Waals surface area (Å²) in [5.41, 5.74) is 3.34. The summed E-state index contributed by atoms with van der Waals surface area (Å²) in [4.78, 5) is 15.8. The molecule has 0 radical (unpaired) electrons. The van der Waals surface area contributed by atoms with Crippen LogP contribution < -0.4 is 5.32 Å². The minimum Gasteiger partial charge on any atom is -0.326 e. The molecule has 3 nitrogen and oxygen atoms in total. The van der Waals surface area contributed by atoms with Crippen molar-refractivity contribution in [3.63, 3.8) is 0 Å². The zero-order chi connectivity index (χ0) is 13.0. The van der Waals surface area contributed by atoms with E-state index in [9.17, 15) is 4.79 Å². The molecule has 1 aromatic carbocycles. The van der Waals surface area contributed by atoms with Gasteiger partial charge in [0, 0.05) is 17.5 Å². The van der Waals surface area contributed by atoms with Crippen LogP contribution in [0.1, 0.15) is 12.1 Å². The molecule has 1 N–H and O–H groups in total. The molecule has 1 aromatic heterocycles. The number of hydrogen-bond acceptors (Lipinski definition) is 3. The van der Waals surface area contributed by atoms with E-state index in [-0.39, 0.29) is 5.91 Å². The van der Waals surface area contributed by atoms with Crippen LogP contribution in [0.2, 0.25) is 10.0 Å². The third-order valence-electron chi connectivity index (χ3n) is 2.30. The number of rotatable bonds is 4. The molecule has 6 heteroatoms. The highest BCUT2D eigenvalue weighted by Crippen LogP contribution is 2.25. The number of nitrogens with zero attached hydrogens (tertiary/aromatic N) is 1. The Morgan fingerprint density at radius 1 is 1.33 bits per heavy atom. The van der Waals surface area contributed by atoms with Crippen molar-refractivity contribution in [1.29, 1.82) is 0 Å². The third kappa shape index (κ3) is 3.70. The summed E-state index contributed by atoms with van der Waals surface area (Å²) in [5, 5.41) is 5.60. The molecule has 0 aliphatic rings. The predicted molar refractivity (Wildman–Crippen MR) is 75.5 cm³/mol. The molecule has 0 saturated carbocycles. The molecule has 0 fully saturated rings. The minimum absolute atomic E-state index is 0.0682. The van der Waals surface area contributed by atoms with Gasteiger partial charge in [-0.15, -0.1) is 11.3 Å². The average molecular weight is 301 g/mol. The van der Waals surface area contributed by atoms with Crippen molar-refractivity contribution in [3.8, 4) is 0 Å². The van der Waals surface area contributed by atoms with Gasteiger partial charge in [0.2, 0.25) is 5.91 Å². The van der Waals surface area contributed by atoms with Crippen LogP contribution in [0.15, 0.2) is 29.1 Å². The van der Waals surface area contributed by atoms with Crippen LogP contribution in [0.5, 0.6) is 0 Å². The largest absolute Gasteiger partial charge is 0.326 e. The SMILES string of the molecule is O=C(CCc1cscn1)Nc1ccc(Cl)c(Cl)c1. The molecule has 0 spiro atoms. The zero-order valence-corrected chi connectivity index (χ0v) is 11.6. The van der Waals surface area contributed by atoms with Crippen molar-refractivity contribution in [2.24, 2.45) is 0 Å². The van der Waals surface area contributed by atoms with Crippen LogP contribution in [-0.2, 0) is 11.2 Å². The fraction of sp³-hybridized carbons (Fsp3) is 0.167. The number of carbonyl (C=O) groups is 1. The highest BCUT2D eigenvalue weighted by Gasteiger charge is 2.05. The van der Waals surface area contributed by atoms with Crippen molar-refractivity contribution < 1.29 is 4.79 Å². The molecular formula is C12H10Cl2N2OS. The highest BCUT2D eigenvalue weighted by molar-refractivity contribution is 7.07. The molecular weight excluding hydrogens is 291 g/mol. The molecule has 0 bridgehead atoms. The lowest BCUT2D eigenvalue weighted by Crippen LogP contribution is -2.12. The van der Waals surface area contributed by atoms with Gasteiger partial charge in [-0.1, -0.05) is 23.2 Å². The first-order chi connectivity index (χ1) is 8.65. The van der Waals surface area contributed by atoms with E-state index in [4.69, 9.17) is 23.2 Å². The number of hydrogen-bond donors (Lipinski definition) is 1. The summed E-state index contributed by atoms with van der Waals surface area (Å²) >= 11 is 13.2. The third-order valence-corrected chi connectivity index (χ3v) is 3.67. The molecule has 0 aliphatic carbocycles. The highest BCUT2D eigenvalue weighted by atomic mass is 35.5. The van der Waals surface area contributed by atoms with Crippen molar-refractivity contribution in [2.75, 3.05) is 5.32 Å². The van der Waals surface area contributed by atoms with Crippen LogP contribution >= 0.6 is 34.5 Å². The molecule has 18 heavy (non-hydrogen) atoms. The molecule has 0 atom stereocenters. The summed E-state index contributed by atoms with van der Waals surface area (Å²) < 4.78 is 0. The van der Waals surface area contributed by atoms with Crippen LogP contribution in [0.4, 0.5) is 5.69 Å². The maximum atomic E-state index is 11.7. The van der Waals surface area contributed by atoms with Gasteiger partial charge in [0.15, 0.2) is 0 Å². The lowest BCUT2D eigenvalue weighted by molar-refractivity contribution is -0.116. The maximum Gasteiger partial charge on any atom is 0.224 e. The minimum atomic E-state index is -0.0682. The molecule has 0 unspecified atom stereocenters. The van der Waals surface area contributed by atoms with E-state index in [2.05, 4.69) is 10.3 Å². The number of aromatic nitrogens is 1. The smallest absolute Gasteiger partial charge is 0.224 e. The van der Waals surface area contributed by atoms with Gasteiger partial charge in [-0.05, 0) is 24.6 Å². The Labute approximate surface area is 119 Å². The molecule has 0 aliphatic heterocycles. The van der Waals surface area contributed by atoms with E-state index in [1.807, 2.05) is 5.38 Å². The Morgan fingerprint density at radius 2 is 2.17 bits per heavy atom. The topological polar surface area (TPSA) is 42.0 Å². The molecule has 1 heterocycles. The maximum absolute atomic E-state index is 11.7. The second kappa shape index (κ2) is 6.18. The van der Waals surface area contributed by atoms with Crippen molar-refractivity contribution >= 4 is 46.1 Å². The van der Waals surface area contributed by atoms with Gasteiger partial charge >= 0.3 is 0 Å². The van der Waals surface area contributed by atoms with Crippen LogP contribution in [0, 0.1) is 0 Å². The van der Waals surface area contributed by atoms with Crippen molar-refractivity contribution in [2.45, 2.75) is 12.8 Å². The van der Waals surface area contributed by atoms with E-state index in [0.717, 1.165) is 5.69 Å². The van der Waals surface area contributed by atoms with Gasteiger partial charge in [-0.2, -0.15) is 0 Å². The number of carbonyl (C=O) groups excluding carboxylic acids is 1. The standard InChI is InChI=1S/C12H10Cl2N2OS/c13-10-3-1-8(5-11(10)14)16-12(17)4-2-9-6-18-7-15-9/h1,3,5-7H,2,4H2,(H,16,17). The number of aryl methyl sites for hydroxylation is 1. The number of amides is 1. The zero-order valence-electron chi connectivity index (χ0n) is 9.32. The first kappa shape index (κ1) is 13.3. The lowest BCUT2D eigenvalue weighted by atomic mass is 10.2. The van der Waals surface area contributed by atoms with Crippen LogP contribution in [0.3, 0.4) is 0 Å². The van der Waals surface area contributed by atoms with E-state index in [1.165, 1.54) is 11.3 Å². The predicted octanol–water partition coefficient (Wildman–Crippen LogP) is 4.02. The second-order valence-electron chi connectivity index (χ2n) is 3.66. The molecule has 94 valence electrons. The van der Waals surface area contributed by atoms with Gasteiger partial charge in [0.25, 0.3) is 0 Å². The van der Waals surface area contributed by atoms with Gasteiger partial charge in [-0.3, -0.25) is 4.79 Å². The van der Waals surface area contributed by atoms with E-state index in [0.29, 0.717) is 28.6 Å². The summed E-state index contributed by atoms with van der Waals surface area (Å²) in [6.45, 7) is 0. The molecule has 1 amide bonds. The number of nitrogens with one attached hydrogen (secondary N) is 1. The van der Waals surface area contributed by atoms with Crippen molar-refractivity contribution in [1.82, 2.24) is 4.98 Å². The summed E-state index contributed by atoms with van der Waals surface area (Å²) in [6.07, 6.45) is 1.03. The van der Waals surface area contributed by atoms with E-state index >= 15 is 0 Å². The van der Waals surface area contributed by atoms with Gasteiger partial charge in [0.05, 0.1) is 21.2 Å². The lowest BCUT2D eigenvalue weighted by Gasteiger charge is -2.05. The normalized spacial score (nSPS) is 10.3. The summed E-state index contributed by atoms with van der Waals surface area (Å²) in [7, 11) is 0. The summed E-state index contributed by atoms with van der Waals surface area (Å²) in [6, 6.07) is 5.00. The number of thiazole rings is 1. The van der Waals surface area contributed by atoms with Crippen molar-refractivity contribution in [3.05, 3.63) is 44.8 Å². The Hall–Kier alpha value is -1.10. The fourth-order valence-corrected chi connectivity index (χ4v) is 2.29. The monoisotopic (exact) mass is 300 g/mol. The quantitative estimate of drug-likeness (QED) is 0.926. The van der Waals surface area contributed by atoms with Crippen LogP contribution in [-0.4, -0.2) is 10.9 Å². The second-order valence-corrected chi connectivity index (χ2v) is 5.19. The average Bonchev–Trinajstić information content (AvgIpc) is 2.84.